The minimum absolute atomic E-state index is 0.158. The first kappa shape index (κ1) is 16.0. The molecule has 3 nitrogen and oxygen atoms in total. The molecule has 1 fully saturated rings. The van der Waals surface area contributed by atoms with Gasteiger partial charge in [-0.2, -0.15) is 0 Å². The predicted molar refractivity (Wildman–Crippen MR) is 85.4 cm³/mol. The third kappa shape index (κ3) is 2.84. The molecule has 0 saturated carbocycles. The summed E-state index contributed by atoms with van der Waals surface area (Å²) in [7, 11) is 0. The van der Waals surface area contributed by atoms with Crippen molar-refractivity contribution in [2.24, 2.45) is 11.3 Å². The normalized spacial score (nSPS) is 24.5. The zero-order valence-corrected chi connectivity index (χ0v) is 13.8. The van der Waals surface area contributed by atoms with Gasteiger partial charge in [0.15, 0.2) is 0 Å². The van der Waals surface area contributed by atoms with Gasteiger partial charge in [0.2, 0.25) is 0 Å². The number of carbonyl (C=O) groups is 1. The Morgan fingerprint density at radius 1 is 1.29 bits per heavy atom. The van der Waals surface area contributed by atoms with E-state index in [1.165, 1.54) is 16.7 Å². The van der Waals surface area contributed by atoms with E-state index in [2.05, 4.69) is 43.9 Å². The van der Waals surface area contributed by atoms with Crippen LogP contribution in [0, 0.1) is 25.2 Å². The third-order valence-corrected chi connectivity index (χ3v) is 5.29. The standard InChI is InChI=1S/C18H27NO2/c1-12(2)18(17(20)21)8-9-19(11-18)15(5)16-10-13(3)6-7-14(16)4/h6-7,10,12,15H,8-9,11H2,1-5H3,(H,20,21). The maximum atomic E-state index is 11.8. The lowest BCUT2D eigenvalue weighted by Gasteiger charge is -2.31. The van der Waals surface area contributed by atoms with Gasteiger partial charge in [0, 0.05) is 12.6 Å². The van der Waals surface area contributed by atoms with E-state index in [-0.39, 0.29) is 12.0 Å². The van der Waals surface area contributed by atoms with Crippen molar-refractivity contribution in [1.82, 2.24) is 4.90 Å². The highest BCUT2D eigenvalue weighted by molar-refractivity contribution is 5.75. The van der Waals surface area contributed by atoms with Crippen LogP contribution in [0.15, 0.2) is 18.2 Å². The lowest BCUT2D eigenvalue weighted by Crippen LogP contribution is -2.39. The van der Waals surface area contributed by atoms with Crippen LogP contribution < -0.4 is 0 Å². The summed E-state index contributed by atoms with van der Waals surface area (Å²) in [5.74, 6) is -0.487. The molecule has 1 saturated heterocycles. The van der Waals surface area contributed by atoms with Gasteiger partial charge in [-0.25, -0.2) is 0 Å². The molecule has 0 amide bonds. The molecule has 21 heavy (non-hydrogen) atoms. The van der Waals surface area contributed by atoms with Crippen molar-refractivity contribution in [2.75, 3.05) is 13.1 Å². The van der Waals surface area contributed by atoms with E-state index in [1.54, 1.807) is 0 Å². The summed E-state index contributed by atoms with van der Waals surface area (Å²) in [5.41, 5.74) is 3.27. The maximum absolute atomic E-state index is 11.8. The van der Waals surface area contributed by atoms with Crippen LogP contribution in [0.25, 0.3) is 0 Å². The van der Waals surface area contributed by atoms with E-state index >= 15 is 0 Å². The van der Waals surface area contributed by atoms with E-state index in [0.29, 0.717) is 6.54 Å². The molecule has 116 valence electrons. The number of hydrogen-bond donors (Lipinski definition) is 1. The van der Waals surface area contributed by atoms with Crippen LogP contribution in [0.5, 0.6) is 0 Å². The highest BCUT2D eigenvalue weighted by atomic mass is 16.4. The fourth-order valence-corrected chi connectivity index (χ4v) is 3.49. The van der Waals surface area contributed by atoms with Gasteiger partial charge in [0.25, 0.3) is 0 Å². The molecule has 0 aliphatic carbocycles. The molecule has 1 aromatic rings. The second-order valence-corrected chi connectivity index (χ2v) is 6.87. The fourth-order valence-electron chi connectivity index (χ4n) is 3.49. The molecule has 1 heterocycles. The highest BCUT2D eigenvalue weighted by Gasteiger charge is 2.48. The molecule has 2 unspecified atom stereocenters. The van der Waals surface area contributed by atoms with Crippen LogP contribution in [0.4, 0.5) is 0 Å². The minimum atomic E-state index is -0.645. The molecule has 1 aliphatic heterocycles. The van der Waals surface area contributed by atoms with E-state index in [0.717, 1.165) is 13.0 Å². The Bertz CT molecular complexity index is 538. The summed E-state index contributed by atoms with van der Waals surface area (Å²) in [5, 5.41) is 9.68. The summed E-state index contributed by atoms with van der Waals surface area (Å²) in [4.78, 5) is 14.1. The second-order valence-electron chi connectivity index (χ2n) is 6.87. The van der Waals surface area contributed by atoms with Gasteiger partial charge in [0.05, 0.1) is 5.41 Å². The zero-order chi connectivity index (χ0) is 15.8. The molecule has 1 aliphatic rings. The summed E-state index contributed by atoms with van der Waals surface area (Å²) in [6, 6.07) is 6.79. The molecule has 0 aromatic heterocycles. The predicted octanol–water partition coefficient (Wildman–Crippen LogP) is 3.80. The number of benzene rings is 1. The van der Waals surface area contributed by atoms with Crippen LogP contribution in [0.2, 0.25) is 0 Å². The average molecular weight is 289 g/mol. The molecular weight excluding hydrogens is 262 g/mol. The quantitative estimate of drug-likeness (QED) is 0.916. The minimum Gasteiger partial charge on any atom is -0.481 e. The number of carboxylic acids is 1. The Balaban J connectivity index is 2.24. The Morgan fingerprint density at radius 3 is 2.48 bits per heavy atom. The molecule has 0 bridgehead atoms. The second kappa shape index (κ2) is 5.80. The first-order chi connectivity index (χ1) is 9.78. The highest BCUT2D eigenvalue weighted by Crippen LogP contribution is 2.41. The summed E-state index contributed by atoms with van der Waals surface area (Å²) in [6.07, 6.45) is 0.745. The van der Waals surface area contributed by atoms with Gasteiger partial charge in [0.1, 0.15) is 0 Å². The largest absolute Gasteiger partial charge is 0.481 e. The van der Waals surface area contributed by atoms with Crippen molar-refractivity contribution in [1.29, 1.82) is 0 Å². The van der Waals surface area contributed by atoms with Gasteiger partial charge >= 0.3 is 5.97 Å². The van der Waals surface area contributed by atoms with Crippen LogP contribution in [-0.4, -0.2) is 29.1 Å². The number of aliphatic carboxylic acids is 1. The van der Waals surface area contributed by atoms with Crippen LogP contribution in [-0.2, 0) is 4.79 Å². The number of hydrogen-bond acceptors (Lipinski definition) is 2. The molecule has 0 spiro atoms. The lowest BCUT2D eigenvalue weighted by atomic mass is 9.76. The zero-order valence-electron chi connectivity index (χ0n) is 13.8. The number of aryl methyl sites for hydroxylation is 2. The van der Waals surface area contributed by atoms with Gasteiger partial charge < -0.3 is 5.11 Å². The Labute approximate surface area is 128 Å². The summed E-state index contributed by atoms with van der Waals surface area (Å²) < 4.78 is 0. The first-order valence-electron chi connectivity index (χ1n) is 7.82. The van der Waals surface area contributed by atoms with Crippen molar-refractivity contribution in [2.45, 2.75) is 47.1 Å². The first-order valence-corrected chi connectivity index (χ1v) is 7.82. The lowest BCUT2D eigenvalue weighted by molar-refractivity contribution is -0.151. The number of nitrogens with zero attached hydrogens (tertiary/aromatic N) is 1. The van der Waals surface area contributed by atoms with Crippen LogP contribution in [0.3, 0.4) is 0 Å². The Kier molecular flexibility index (Phi) is 4.43. The van der Waals surface area contributed by atoms with Crippen molar-refractivity contribution >= 4 is 5.97 Å². The molecule has 2 rings (SSSR count). The Morgan fingerprint density at radius 2 is 1.95 bits per heavy atom. The molecule has 0 radical (unpaired) electrons. The van der Waals surface area contributed by atoms with E-state index in [1.807, 2.05) is 13.8 Å². The van der Waals surface area contributed by atoms with Crippen LogP contribution >= 0.6 is 0 Å². The van der Waals surface area contributed by atoms with Gasteiger partial charge in [-0.05, 0) is 50.8 Å². The van der Waals surface area contributed by atoms with Gasteiger partial charge in [-0.1, -0.05) is 37.6 Å². The van der Waals surface area contributed by atoms with Crippen molar-refractivity contribution < 1.29 is 9.90 Å². The number of carboxylic acid groups (broad SMARTS) is 1. The summed E-state index contributed by atoms with van der Waals surface area (Å²) >= 11 is 0. The number of rotatable bonds is 4. The molecule has 3 heteroatoms. The number of likely N-dealkylation sites (tertiary alicyclic amines) is 1. The van der Waals surface area contributed by atoms with Gasteiger partial charge in [-0.3, -0.25) is 9.69 Å². The van der Waals surface area contributed by atoms with Crippen molar-refractivity contribution in [3.8, 4) is 0 Å². The van der Waals surface area contributed by atoms with Crippen molar-refractivity contribution in [3.63, 3.8) is 0 Å². The Hall–Kier alpha value is -1.35. The third-order valence-electron chi connectivity index (χ3n) is 5.29. The van der Waals surface area contributed by atoms with Crippen LogP contribution in [0.1, 0.15) is 49.9 Å². The van der Waals surface area contributed by atoms with E-state index in [9.17, 15) is 9.90 Å². The van der Waals surface area contributed by atoms with Crippen molar-refractivity contribution in [3.05, 3.63) is 34.9 Å². The van der Waals surface area contributed by atoms with E-state index in [4.69, 9.17) is 0 Å². The SMILES string of the molecule is Cc1ccc(C)c(C(C)N2CCC(C(=O)O)(C(C)C)C2)c1. The molecular formula is C18H27NO2. The smallest absolute Gasteiger partial charge is 0.311 e. The molecule has 1 aromatic carbocycles. The average Bonchev–Trinajstić information content (AvgIpc) is 2.87. The summed E-state index contributed by atoms with van der Waals surface area (Å²) in [6.45, 7) is 12.0. The van der Waals surface area contributed by atoms with Gasteiger partial charge in [-0.15, -0.1) is 0 Å². The molecule has 1 N–H and O–H groups in total. The fraction of sp³-hybridized carbons (Fsp3) is 0.611. The monoisotopic (exact) mass is 289 g/mol. The molecule has 2 atom stereocenters. The maximum Gasteiger partial charge on any atom is 0.311 e. The topological polar surface area (TPSA) is 40.5 Å². The van der Waals surface area contributed by atoms with E-state index < -0.39 is 11.4 Å².